The Labute approximate surface area is 129 Å². The van der Waals surface area contributed by atoms with Gasteiger partial charge in [-0.1, -0.05) is 22.7 Å². The van der Waals surface area contributed by atoms with Gasteiger partial charge in [-0.3, -0.25) is 4.90 Å². The summed E-state index contributed by atoms with van der Waals surface area (Å²) in [6.07, 6.45) is 2.37. The highest BCUT2D eigenvalue weighted by Gasteiger charge is 2.23. The van der Waals surface area contributed by atoms with Crippen LogP contribution in [0.3, 0.4) is 0 Å². The molecular weight excluding hydrogens is 282 g/mol. The van der Waals surface area contributed by atoms with Gasteiger partial charge in [-0.15, -0.1) is 5.10 Å². The van der Waals surface area contributed by atoms with Crippen molar-refractivity contribution < 1.29 is 4.74 Å². The molecule has 0 radical (unpaired) electrons. The van der Waals surface area contributed by atoms with Gasteiger partial charge in [0.2, 0.25) is 0 Å². The molecular formula is C16H21N3OS. The topological polar surface area (TPSA) is 38.2 Å². The fourth-order valence-electron chi connectivity index (χ4n) is 3.00. The molecule has 0 amide bonds. The van der Waals surface area contributed by atoms with Gasteiger partial charge in [-0.05, 0) is 61.9 Å². The summed E-state index contributed by atoms with van der Waals surface area (Å²) in [5.74, 6) is 1.64. The van der Waals surface area contributed by atoms with Gasteiger partial charge in [0.1, 0.15) is 5.75 Å². The predicted octanol–water partition coefficient (Wildman–Crippen LogP) is 3.23. The number of benzene rings is 1. The maximum absolute atomic E-state index is 5.50. The third-order valence-corrected chi connectivity index (χ3v) is 5.09. The van der Waals surface area contributed by atoms with Crippen LogP contribution in [0, 0.1) is 6.92 Å². The molecule has 2 aromatic rings. The van der Waals surface area contributed by atoms with E-state index in [1.54, 1.807) is 7.11 Å². The van der Waals surface area contributed by atoms with Crippen LogP contribution in [-0.2, 0) is 6.54 Å². The molecule has 0 saturated carbocycles. The van der Waals surface area contributed by atoms with Crippen molar-refractivity contribution in [2.45, 2.75) is 32.2 Å². The molecule has 0 bridgehead atoms. The van der Waals surface area contributed by atoms with E-state index in [0.717, 1.165) is 31.1 Å². The lowest BCUT2D eigenvalue weighted by Gasteiger charge is -2.32. The number of piperidine rings is 1. The lowest BCUT2D eigenvalue weighted by Crippen LogP contribution is -2.32. The van der Waals surface area contributed by atoms with Gasteiger partial charge in [-0.2, -0.15) is 0 Å². The van der Waals surface area contributed by atoms with E-state index in [0.29, 0.717) is 5.92 Å². The Morgan fingerprint density at radius 2 is 2.05 bits per heavy atom. The molecule has 0 aliphatic carbocycles. The lowest BCUT2D eigenvalue weighted by molar-refractivity contribution is 0.204. The quantitative estimate of drug-likeness (QED) is 0.869. The third kappa shape index (κ3) is 3.24. The first kappa shape index (κ1) is 14.5. The smallest absolute Gasteiger partial charge is 0.122 e. The summed E-state index contributed by atoms with van der Waals surface area (Å²) < 4.78 is 9.52. The molecule has 21 heavy (non-hydrogen) atoms. The van der Waals surface area contributed by atoms with E-state index in [1.807, 2.05) is 13.0 Å². The highest BCUT2D eigenvalue weighted by molar-refractivity contribution is 7.05. The van der Waals surface area contributed by atoms with Crippen molar-refractivity contribution in [1.82, 2.24) is 14.5 Å². The fourth-order valence-corrected chi connectivity index (χ4v) is 3.68. The van der Waals surface area contributed by atoms with Gasteiger partial charge >= 0.3 is 0 Å². The van der Waals surface area contributed by atoms with Crippen molar-refractivity contribution in [3.05, 3.63) is 40.4 Å². The molecule has 0 spiro atoms. The first-order valence-electron chi connectivity index (χ1n) is 7.41. The number of ether oxygens (including phenoxy) is 1. The number of methoxy groups -OCH3 is 1. The van der Waals surface area contributed by atoms with Crippen LogP contribution in [-0.4, -0.2) is 34.7 Å². The van der Waals surface area contributed by atoms with E-state index < -0.39 is 0 Å². The van der Waals surface area contributed by atoms with E-state index >= 15 is 0 Å². The second-order valence-corrected chi connectivity index (χ2v) is 6.41. The van der Waals surface area contributed by atoms with Gasteiger partial charge in [0, 0.05) is 6.54 Å². The molecule has 1 saturated heterocycles. The van der Waals surface area contributed by atoms with Gasteiger partial charge in [0.05, 0.1) is 17.7 Å². The van der Waals surface area contributed by atoms with E-state index in [4.69, 9.17) is 4.74 Å². The standard InChI is InChI=1S/C16H21N3OS/c1-12-16(21-18-17-12)11-19-9-7-13(8-10-19)14-5-3-4-6-15(14)20-2/h3-6,13H,7-11H2,1-2H3. The summed E-state index contributed by atoms with van der Waals surface area (Å²) in [6.45, 7) is 5.28. The SMILES string of the molecule is COc1ccccc1C1CCN(Cc2snnc2C)CC1. The number of hydrogen-bond donors (Lipinski definition) is 0. The number of likely N-dealkylation sites (tertiary alicyclic amines) is 1. The van der Waals surface area contributed by atoms with Gasteiger partial charge in [-0.25, -0.2) is 0 Å². The zero-order valence-electron chi connectivity index (χ0n) is 12.6. The second-order valence-electron chi connectivity index (χ2n) is 5.57. The predicted molar refractivity (Wildman–Crippen MR) is 84.9 cm³/mol. The highest BCUT2D eigenvalue weighted by atomic mass is 32.1. The Morgan fingerprint density at radius 3 is 2.71 bits per heavy atom. The number of aromatic nitrogens is 2. The Kier molecular flexibility index (Phi) is 4.51. The van der Waals surface area contributed by atoms with Crippen LogP contribution in [0.15, 0.2) is 24.3 Å². The average Bonchev–Trinajstić information content (AvgIpc) is 2.93. The van der Waals surface area contributed by atoms with Crippen LogP contribution in [0.2, 0.25) is 0 Å². The van der Waals surface area contributed by atoms with E-state index in [2.05, 4.69) is 32.7 Å². The van der Waals surface area contributed by atoms with Crippen LogP contribution >= 0.6 is 11.5 Å². The molecule has 1 aliphatic heterocycles. The van der Waals surface area contributed by atoms with Crippen molar-refractivity contribution in [2.75, 3.05) is 20.2 Å². The van der Waals surface area contributed by atoms with Crippen molar-refractivity contribution in [1.29, 1.82) is 0 Å². The number of rotatable bonds is 4. The number of nitrogens with zero attached hydrogens (tertiary/aromatic N) is 3. The third-order valence-electron chi connectivity index (χ3n) is 4.28. The largest absolute Gasteiger partial charge is 0.496 e. The Hall–Kier alpha value is -1.46. The molecule has 2 heterocycles. The molecule has 112 valence electrons. The second kappa shape index (κ2) is 6.54. The van der Waals surface area contributed by atoms with Crippen molar-refractivity contribution in [3.8, 4) is 5.75 Å². The van der Waals surface area contributed by atoms with Crippen LogP contribution in [0.5, 0.6) is 5.75 Å². The molecule has 5 heteroatoms. The number of hydrogen-bond acceptors (Lipinski definition) is 5. The van der Waals surface area contributed by atoms with Crippen LogP contribution in [0.25, 0.3) is 0 Å². The molecule has 1 fully saturated rings. The molecule has 1 aromatic carbocycles. The summed E-state index contributed by atoms with van der Waals surface area (Å²) in [5.41, 5.74) is 2.43. The van der Waals surface area contributed by atoms with E-state index in [-0.39, 0.29) is 0 Å². The Bertz CT molecular complexity index is 591. The summed E-state index contributed by atoms with van der Waals surface area (Å²) in [4.78, 5) is 3.81. The fraction of sp³-hybridized carbons (Fsp3) is 0.500. The molecule has 0 N–H and O–H groups in total. The minimum atomic E-state index is 0.609. The monoisotopic (exact) mass is 303 g/mol. The molecule has 1 aliphatic rings. The summed E-state index contributed by atoms with van der Waals surface area (Å²) in [7, 11) is 1.76. The Balaban J connectivity index is 1.61. The van der Waals surface area contributed by atoms with Gasteiger partial charge in [0.15, 0.2) is 0 Å². The number of para-hydroxylation sites is 1. The number of aryl methyl sites for hydroxylation is 1. The highest BCUT2D eigenvalue weighted by Crippen LogP contribution is 2.34. The lowest BCUT2D eigenvalue weighted by atomic mass is 9.89. The summed E-state index contributed by atoms with van der Waals surface area (Å²) in [5, 5.41) is 4.09. The molecule has 0 unspecified atom stereocenters. The van der Waals surface area contributed by atoms with Crippen LogP contribution < -0.4 is 4.74 Å². The maximum atomic E-state index is 5.50. The van der Waals surface area contributed by atoms with E-state index in [9.17, 15) is 0 Å². The zero-order chi connectivity index (χ0) is 14.7. The van der Waals surface area contributed by atoms with Crippen molar-refractivity contribution >= 4 is 11.5 Å². The zero-order valence-corrected chi connectivity index (χ0v) is 13.4. The normalized spacial score (nSPS) is 17.0. The molecule has 1 aromatic heterocycles. The first-order chi connectivity index (χ1) is 10.3. The van der Waals surface area contributed by atoms with Crippen LogP contribution in [0.1, 0.15) is 34.9 Å². The van der Waals surface area contributed by atoms with E-state index in [1.165, 1.54) is 34.8 Å². The van der Waals surface area contributed by atoms with Crippen molar-refractivity contribution in [2.24, 2.45) is 0 Å². The summed E-state index contributed by atoms with van der Waals surface area (Å²) in [6, 6.07) is 8.41. The first-order valence-corrected chi connectivity index (χ1v) is 8.18. The van der Waals surface area contributed by atoms with Gasteiger partial charge in [0.25, 0.3) is 0 Å². The van der Waals surface area contributed by atoms with Gasteiger partial charge < -0.3 is 4.74 Å². The molecule has 4 nitrogen and oxygen atoms in total. The Morgan fingerprint density at radius 1 is 1.29 bits per heavy atom. The maximum Gasteiger partial charge on any atom is 0.122 e. The average molecular weight is 303 g/mol. The molecule has 3 rings (SSSR count). The minimum absolute atomic E-state index is 0.609. The summed E-state index contributed by atoms with van der Waals surface area (Å²) >= 11 is 1.52. The van der Waals surface area contributed by atoms with Crippen LogP contribution in [0.4, 0.5) is 0 Å². The van der Waals surface area contributed by atoms with Crippen molar-refractivity contribution in [3.63, 3.8) is 0 Å². The molecule has 0 atom stereocenters. The minimum Gasteiger partial charge on any atom is -0.496 e.